The van der Waals surface area contributed by atoms with E-state index in [-0.39, 0.29) is 23.1 Å². The van der Waals surface area contributed by atoms with E-state index in [1.54, 1.807) is 0 Å². The van der Waals surface area contributed by atoms with Gasteiger partial charge in [-0.1, -0.05) is 0 Å². The number of hydrogen-bond donors (Lipinski definition) is 2. The van der Waals surface area contributed by atoms with Crippen molar-refractivity contribution < 1.29 is 18.7 Å². The highest BCUT2D eigenvalue weighted by Gasteiger charge is 2.07. The molecular formula is C9H8BrF2NO2. The van der Waals surface area contributed by atoms with E-state index in [0.717, 1.165) is 12.1 Å². The summed E-state index contributed by atoms with van der Waals surface area (Å²) >= 11 is 2.83. The molecule has 0 bridgehead atoms. The quantitative estimate of drug-likeness (QED) is 0.833. The Morgan fingerprint density at radius 2 is 2.07 bits per heavy atom. The van der Waals surface area contributed by atoms with Crippen molar-refractivity contribution in [3.05, 3.63) is 28.2 Å². The average Bonchev–Trinajstić information content (AvgIpc) is 2.13. The van der Waals surface area contributed by atoms with Crippen molar-refractivity contribution >= 4 is 27.6 Å². The van der Waals surface area contributed by atoms with Crippen molar-refractivity contribution in [1.29, 1.82) is 0 Å². The molecule has 2 N–H and O–H groups in total. The second-order valence-electron chi connectivity index (χ2n) is 2.82. The predicted molar refractivity (Wildman–Crippen MR) is 54.8 cm³/mol. The van der Waals surface area contributed by atoms with Crippen LogP contribution in [0, 0.1) is 11.6 Å². The van der Waals surface area contributed by atoms with Crippen LogP contribution in [-0.4, -0.2) is 17.6 Å². The van der Waals surface area contributed by atoms with Gasteiger partial charge in [0.2, 0.25) is 0 Å². The molecule has 0 atom stereocenters. The molecule has 1 aromatic rings. The fraction of sp³-hybridized carbons (Fsp3) is 0.222. The number of nitrogens with one attached hydrogen (secondary N) is 1. The third-order valence-electron chi connectivity index (χ3n) is 1.66. The van der Waals surface area contributed by atoms with Gasteiger partial charge in [0.25, 0.3) is 0 Å². The van der Waals surface area contributed by atoms with E-state index in [4.69, 9.17) is 5.11 Å². The monoisotopic (exact) mass is 279 g/mol. The maximum Gasteiger partial charge on any atom is 0.305 e. The van der Waals surface area contributed by atoms with E-state index in [1.807, 2.05) is 0 Å². The van der Waals surface area contributed by atoms with Crippen molar-refractivity contribution in [1.82, 2.24) is 0 Å². The number of halogens is 3. The van der Waals surface area contributed by atoms with Gasteiger partial charge < -0.3 is 10.4 Å². The molecule has 3 nitrogen and oxygen atoms in total. The second kappa shape index (κ2) is 5.06. The molecule has 0 saturated carbocycles. The van der Waals surface area contributed by atoms with Crippen molar-refractivity contribution in [2.75, 3.05) is 11.9 Å². The summed E-state index contributed by atoms with van der Waals surface area (Å²) in [4.78, 5) is 10.2. The minimum Gasteiger partial charge on any atom is -0.481 e. The van der Waals surface area contributed by atoms with Crippen LogP contribution in [-0.2, 0) is 4.79 Å². The van der Waals surface area contributed by atoms with Gasteiger partial charge in [-0.2, -0.15) is 0 Å². The maximum absolute atomic E-state index is 13.1. The number of benzene rings is 1. The Hall–Kier alpha value is -1.17. The van der Waals surface area contributed by atoms with Gasteiger partial charge in [-0.05, 0) is 22.0 Å². The first kappa shape index (κ1) is 11.9. The van der Waals surface area contributed by atoms with Crippen LogP contribution < -0.4 is 5.32 Å². The van der Waals surface area contributed by atoms with Crippen LogP contribution >= 0.6 is 15.9 Å². The van der Waals surface area contributed by atoms with Gasteiger partial charge in [0.05, 0.1) is 16.6 Å². The zero-order valence-corrected chi connectivity index (χ0v) is 9.14. The molecule has 0 fully saturated rings. The number of anilines is 1. The summed E-state index contributed by atoms with van der Waals surface area (Å²) < 4.78 is 26.2. The van der Waals surface area contributed by atoms with Crippen molar-refractivity contribution in [3.63, 3.8) is 0 Å². The number of carboxylic acids is 1. The van der Waals surface area contributed by atoms with E-state index < -0.39 is 17.6 Å². The Labute approximate surface area is 93.2 Å². The molecule has 0 heterocycles. The van der Waals surface area contributed by atoms with E-state index >= 15 is 0 Å². The third kappa shape index (κ3) is 3.47. The van der Waals surface area contributed by atoms with E-state index in [1.165, 1.54) is 0 Å². The Morgan fingerprint density at radius 3 is 2.67 bits per heavy atom. The van der Waals surface area contributed by atoms with Gasteiger partial charge in [0.15, 0.2) is 0 Å². The van der Waals surface area contributed by atoms with Crippen molar-refractivity contribution in [2.45, 2.75) is 6.42 Å². The summed E-state index contributed by atoms with van der Waals surface area (Å²) in [5.74, 6) is -2.23. The molecule has 0 saturated heterocycles. The Balaban J connectivity index is 2.69. The molecule has 1 rings (SSSR count). The van der Waals surface area contributed by atoms with Crippen LogP contribution in [0.2, 0.25) is 0 Å². The molecule has 0 radical (unpaired) electrons. The summed E-state index contributed by atoms with van der Waals surface area (Å²) in [6.45, 7) is 0.0489. The van der Waals surface area contributed by atoms with E-state index in [9.17, 15) is 13.6 Å². The normalized spacial score (nSPS) is 10.1. The molecule has 0 spiro atoms. The lowest BCUT2D eigenvalue weighted by Crippen LogP contribution is -2.08. The minimum absolute atomic E-state index is 0.0313. The van der Waals surface area contributed by atoms with Gasteiger partial charge in [-0.25, -0.2) is 8.78 Å². The first-order valence-electron chi connectivity index (χ1n) is 4.11. The molecule has 0 aliphatic rings. The summed E-state index contributed by atoms with van der Waals surface area (Å²) in [6, 6.07) is 1.96. The van der Waals surface area contributed by atoms with Crippen LogP contribution in [0.25, 0.3) is 0 Å². The second-order valence-corrected chi connectivity index (χ2v) is 3.67. The van der Waals surface area contributed by atoms with Gasteiger partial charge in [-0.3, -0.25) is 4.79 Å². The zero-order chi connectivity index (χ0) is 11.4. The van der Waals surface area contributed by atoms with Crippen LogP contribution in [0.1, 0.15) is 6.42 Å². The van der Waals surface area contributed by atoms with Crippen molar-refractivity contribution in [3.8, 4) is 0 Å². The molecule has 82 valence electrons. The number of carbonyl (C=O) groups is 1. The highest BCUT2D eigenvalue weighted by atomic mass is 79.9. The average molecular weight is 280 g/mol. The minimum atomic E-state index is -1.000. The lowest BCUT2D eigenvalue weighted by atomic mass is 10.3. The topological polar surface area (TPSA) is 49.3 Å². The SMILES string of the molecule is O=C(O)CCNc1cc(F)c(Br)cc1F. The van der Waals surface area contributed by atoms with Crippen molar-refractivity contribution in [2.24, 2.45) is 0 Å². The highest BCUT2D eigenvalue weighted by molar-refractivity contribution is 9.10. The maximum atomic E-state index is 13.1. The standard InChI is InChI=1S/C9H8BrF2NO2/c10-5-3-7(12)8(4-6(5)11)13-2-1-9(14)15/h3-4,13H,1-2H2,(H,14,15). The molecule has 0 aromatic heterocycles. The molecular weight excluding hydrogens is 272 g/mol. The fourth-order valence-electron chi connectivity index (χ4n) is 0.962. The Bertz CT molecular complexity index is 385. The Morgan fingerprint density at radius 1 is 1.40 bits per heavy atom. The van der Waals surface area contributed by atoms with Crippen LogP contribution in [0.5, 0.6) is 0 Å². The molecule has 1 aromatic carbocycles. The van der Waals surface area contributed by atoms with Gasteiger partial charge in [0.1, 0.15) is 11.6 Å². The van der Waals surface area contributed by atoms with Crippen LogP contribution in [0.4, 0.5) is 14.5 Å². The van der Waals surface area contributed by atoms with E-state index in [0.29, 0.717) is 0 Å². The molecule has 0 aliphatic carbocycles. The lowest BCUT2D eigenvalue weighted by molar-refractivity contribution is -0.136. The number of rotatable bonds is 4. The lowest BCUT2D eigenvalue weighted by Gasteiger charge is -2.06. The summed E-state index contributed by atoms with van der Waals surface area (Å²) in [6.07, 6.45) is -0.156. The van der Waals surface area contributed by atoms with Gasteiger partial charge >= 0.3 is 5.97 Å². The molecule has 0 aliphatic heterocycles. The van der Waals surface area contributed by atoms with Crippen LogP contribution in [0.3, 0.4) is 0 Å². The third-order valence-corrected chi connectivity index (χ3v) is 2.27. The predicted octanol–water partition coefficient (Wildman–Crippen LogP) is 2.61. The first-order chi connectivity index (χ1) is 7.00. The van der Waals surface area contributed by atoms with E-state index in [2.05, 4.69) is 21.2 Å². The largest absolute Gasteiger partial charge is 0.481 e. The molecule has 0 unspecified atom stereocenters. The van der Waals surface area contributed by atoms with Gasteiger partial charge in [-0.15, -0.1) is 0 Å². The summed E-state index contributed by atoms with van der Waals surface area (Å²) in [7, 11) is 0. The Kier molecular flexibility index (Phi) is 4.02. The van der Waals surface area contributed by atoms with Gasteiger partial charge in [0, 0.05) is 12.6 Å². The smallest absolute Gasteiger partial charge is 0.305 e. The zero-order valence-electron chi connectivity index (χ0n) is 7.56. The summed E-state index contributed by atoms with van der Waals surface area (Å²) in [5.41, 5.74) is -0.0445. The van der Waals surface area contributed by atoms with Crippen LogP contribution in [0.15, 0.2) is 16.6 Å². The fourth-order valence-corrected chi connectivity index (χ4v) is 1.28. The summed E-state index contributed by atoms with van der Waals surface area (Å²) in [5, 5.41) is 10.8. The highest BCUT2D eigenvalue weighted by Crippen LogP contribution is 2.23. The molecule has 6 heteroatoms. The molecule has 0 amide bonds. The first-order valence-corrected chi connectivity index (χ1v) is 4.90. The molecule has 15 heavy (non-hydrogen) atoms. The number of aliphatic carboxylic acids is 1. The number of carboxylic acid groups (broad SMARTS) is 1. The number of hydrogen-bond acceptors (Lipinski definition) is 2.